The highest BCUT2D eigenvalue weighted by molar-refractivity contribution is 5.77. The van der Waals surface area contributed by atoms with E-state index in [4.69, 9.17) is 4.74 Å². The molecule has 0 heterocycles. The summed E-state index contributed by atoms with van der Waals surface area (Å²) in [5.74, 6) is -0.521. The van der Waals surface area contributed by atoms with Gasteiger partial charge in [0, 0.05) is 6.42 Å². The molecule has 0 saturated heterocycles. The summed E-state index contributed by atoms with van der Waals surface area (Å²) in [5, 5.41) is 23.9. The van der Waals surface area contributed by atoms with Gasteiger partial charge in [-0.2, -0.15) is 0 Å². The van der Waals surface area contributed by atoms with Crippen LogP contribution in [0.3, 0.4) is 0 Å². The Hall–Kier alpha value is -2.70. The van der Waals surface area contributed by atoms with Crippen LogP contribution in [-0.4, -0.2) is 46.9 Å². The molecule has 0 spiro atoms. The van der Waals surface area contributed by atoms with Gasteiger partial charge in [-0.25, -0.2) is 0 Å². The monoisotopic (exact) mass is 922 g/mol. The standard InChI is InChI=1S/C60H107NO5/c1-4-7-10-13-16-19-22-25-28-31-34-37-40-43-46-49-52-58(63)57(55-62)61-59(64)54-56(51-48-45-42-39-36-33-30-27-24-21-18-15-12-9-6-3)66-60(65)53-50-47-44-41-38-35-32-29-26-23-20-17-14-11-8-5-2/h8,11,17-18,20-21,26-27,29-30,35,38,56-58,62-63H,4-7,9-10,12-16,19,22-25,28,31-34,36-37,39-55H2,1-3H3,(H,61,64)/b11-8+,20-17+,21-18-,29-26+,30-27-,38-35+. The van der Waals surface area contributed by atoms with Crippen molar-refractivity contribution in [2.24, 2.45) is 0 Å². The number of allylic oxidation sites excluding steroid dienone is 12. The number of esters is 1. The highest BCUT2D eigenvalue weighted by Gasteiger charge is 2.24. The zero-order chi connectivity index (χ0) is 48.1. The third-order valence-corrected chi connectivity index (χ3v) is 12.5. The van der Waals surface area contributed by atoms with E-state index in [-0.39, 0.29) is 24.9 Å². The largest absolute Gasteiger partial charge is 0.462 e. The van der Waals surface area contributed by atoms with Crippen molar-refractivity contribution in [3.63, 3.8) is 0 Å². The van der Waals surface area contributed by atoms with Crippen molar-refractivity contribution in [3.8, 4) is 0 Å². The average Bonchev–Trinajstić information content (AvgIpc) is 3.31. The molecule has 0 rings (SSSR count). The summed E-state index contributed by atoms with van der Waals surface area (Å²) in [5.41, 5.74) is 0. The molecule has 6 heteroatoms. The fourth-order valence-electron chi connectivity index (χ4n) is 8.28. The normalized spacial score (nSPS) is 13.7. The van der Waals surface area contributed by atoms with Crippen molar-refractivity contribution in [2.75, 3.05) is 6.61 Å². The fourth-order valence-corrected chi connectivity index (χ4v) is 8.28. The first-order valence-corrected chi connectivity index (χ1v) is 28.2. The summed E-state index contributed by atoms with van der Waals surface area (Å²) in [4.78, 5) is 26.2. The van der Waals surface area contributed by atoms with E-state index in [2.05, 4.69) is 99.0 Å². The Morgan fingerprint density at radius 2 is 0.818 bits per heavy atom. The van der Waals surface area contributed by atoms with Crippen LogP contribution in [-0.2, 0) is 14.3 Å². The third-order valence-electron chi connectivity index (χ3n) is 12.5. The lowest BCUT2D eigenvalue weighted by Gasteiger charge is -2.24. The number of nitrogens with one attached hydrogen (secondary N) is 1. The van der Waals surface area contributed by atoms with Crippen molar-refractivity contribution >= 4 is 11.9 Å². The van der Waals surface area contributed by atoms with Gasteiger partial charge in [0.15, 0.2) is 0 Å². The van der Waals surface area contributed by atoms with Crippen LogP contribution >= 0.6 is 0 Å². The maximum Gasteiger partial charge on any atom is 0.306 e. The summed E-state index contributed by atoms with van der Waals surface area (Å²) < 4.78 is 5.93. The summed E-state index contributed by atoms with van der Waals surface area (Å²) in [6.07, 6.45) is 68.2. The predicted molar refractivity (Wildman–Crippen MR) is 287 cm³/mol. The van der Waals surface area contributed by atoms with Crippen LogP contribution in [0.2, 0.25) is 0 Å². The Morgan fingerprint density at radius 3 is 1.27 bits per heavy atom. The second-order valence-electron chi connectivity index (χ2n) is 19.0. The van der Waals surface area contributed by atoms with Crippen LogP contribution in [0.1, 0.15) is 271 Å². The maximum atomic E-state index is 13.3. The molecule has 3 atom stereocenters. The van der Waals surface area contributed by atoms with Gasteiger partial charge >= 0.3 is 5.97 Å². The molecule has 66 heavy (non-hydrogen) atoms. The molecule has 0 aromatic rings. The van der Waals surface area contributed by atoms with Gasteiger partial charge in [-0.05, 0) is 96.3 Å². The van der Waals surface area contributed by atoms with Crippen LogP contribution in [0.5, 0.6) is 0 Å². The summed E-state index contributed by atoms with van der Waals surface area (Å²) in [6, 6.07) is -0.716. The number of aliphatic hydroxyl groups excluding tert-OH is 2. The molecule has 0 aliphatic rings. The minimum absolute atomic E-state index is 0.0533. The van der Waals surface area contributed by atoms with Crippen molar-refractivity contribution in [2.45, 2.75) is 289 Å². The molecule has 382 valence electrons. The van der Waals surface area contributed by atoms with E-state index < -0.39 is 18.2 Å². The number of hydrogen-bond donors (Lipinski definition) is 3. The molecule has 3 N–H and O–H groups in total. The molecule has 3 unspecified atom stereocenters. The topological polar surface area (TPSA) is 95.9 Å². The van der Waals surface area contributed by atoms with Crippen molar-refractivity contribution in [3.05, 3.63) is 72.9 Å². The SMILES string of the molecule is CC/C=C/C/C=C/C/C=C/C/C=C/CCCCCC(=O)OC(CCCCCCC/C=C\C/C=C\CCCCC)CC(=O)NC(CO)C(O)CCCCCCCCCCCCCCCCCC. The highest BCUT2D eigenvalue weighted by atomic mass is 16.5. The zero-order valence-electron chi connectivity index (χ0n) is 43.6. The number of ether oxygens (including phenoxy) is 1. The Morgan fingerprint density at radius 1 is 0.455 bits per heavy atom. The first-order valence-electron chi connectivity index (χ1n) is 28.2. The second kappa shape index (κ2) is 53.3. The Labute approximate surface area is 409 Å². The van der Waals surface area contributed by atoms with E-state index in [1.165, 1.54) is 122 Å². The average molecular weight is 923 g/mol. The van der Waals surface area contributed by atoms with E-state index in [1.807, 2.05) is 0 Å². The summed E-state index contributed by atoms with van der Waals surface area (Å²) in [6.45, 7) is 6.35. The summed E-state index contributed by atoms with van der Waals surface area (Å²) in [7, 11) is 0. The van der Waals surface area contributed by atoms with Crippen molar-refractivity contribution in [1.82, 2.24) is 5.32 Å². The molecular formula is C60H107NO5. The van der Waals surface area contributed by atoms with E-state index in [1.54, 1.807) is 0 Å². The zero-order valence-corrected chi connectivity index (χ0v) is 43.6. The second-order valence-corrected chi connectivity index (χ2v) is 19.0. The Kier molecular flexibility index (Phi) is 51.1. The predicted octanol–water partition coefficient (Wildman–Crippen LogP) is 17.3. The third kappa shape index (κ3) is 47.8. The molecule has 0 saturated carbocycles. The lowest BCUT2D eigenvalue weighted by atomic mass is 10.0. The van der Waals surface area contributed by atoms with E-state index in [0.717, 1.165) is 103 Å². The molecular weight excluding hydrogens is 815 g/mol. The van der Waals surface area contributed by atoms with Gasteiger partial charge in [0.25, 0.3) is 0 Å². The number of rotatable bonds is 50. The van der Waals surface area contributed by atoms with Crippen LogP contribution < -0.4 is 5.32 Å². The molecule has 6 nitrogen and oxygen atoms in total. The maximum absolute atomic E-state index is 13.3. The molecule has 0 aromatic carbocycles. The molecule has 0 aliphatic heterocycles. The lowest BCUT2D eigenvalue weighted by molar-refractivity contribution is -0.151. The lowest BCUT2D eigenvalue weighted by Crippen LogP contribution is -2.46. The number of hydrogen-bond acceptors (Lipinski definition) is 5. The first kappa shape index (κ1) is 63.3. The quantitative estimate of drug-likeness (QED) is 0.0321. The van der Waals surface area contributed by atoms with Crippen LogP contribution in [0, 0.1) is 0 Å². The van der Waals surface area contributed by atoms with Gasteiger partial charge in [-0.15, -0.1) is 0 Å². The van der Waals surface area contributed by atoms with Gasteiger partial charge in [-0.1, -0.05) is 235 Å². The molecule has 0 bridgehead atoms. The van der Waals surface area contributed by atoms with Crippen LogP contribution in [0.4, 0.5) is 0 Å². The Balaban J connectivity index is 4.63. The smallest absolute Gasteiger partial charge is 0.306 e. The Bertz CT molecular complexity index is 1220. The highest BCUT2D eigenvalue weighted by Crippen LogP contribution is 2.18. The first-order chi connectivity index (χ1) is 32.5. The van der Waals surface area contributed by atoms with Crippen LogP contribution in [0.25, 0.3) is 0 Å². The number of unbranched alkanes of at least 4 members (excludes halogenated alkanes) is 26. The van der Waals surface area contributed by atoms with Crippen molar-refractivity contribution < 1.29 is 24.5 Å². The molecule has 0 radical (unpaired) electrons. The number of carbonyl (C=O) groups excluding carboxylic acids is 2. The minimum Gasteiger partial charge on any atom is -0.462 e. The van der Waals surface area contributed by atoms with E-state index in [9.17, 15) is 19.8 Å². The van der Waals surface area contributed by atoms with Gasteiger partial charge < -0.3 is 20.3 Å². The number of aliphatic hydroxyl groups is 2. The van der Waals surface area contributed by atoms with Crippen molar-refractivity contribution in [1.29, 1.82) is 0 Å². The van der Waals surface area contributed by atoms with E-state index in [0.29, 0.717) is 19.3 Å². The van der Waals surface area contributed by atoms with Gasteiger partial charge in [-0.3, -0.25) is 9.59 Å². The van der Waals surface area contributed by atoms with Gasteiger partial charge in [0.2, 0.25) is 5.91 Å². The van der Waals surface area contributed by atoms with Crippen LogP contribution in [0.15, 0.2) is 72.9 Å². The summed E-state index contributed by atoms with van der Waals surface area (Å²) >= 11 is 0. The molecule has 0 aliphatic carbocycles. The minimum atomic E-state index is -0.801. The molecule has 0 fully saturated rings. The number of carbonyl (C=O) groups is 2. The molecule has 0 aromatic heterocycles. The molecule has 1 amide bonds. The van der Waals surface area contributed by atoms with Gasteiger partial charge in [0.1, 0.15) is 6.10 Å². The number of amides is 1. The fraction of sp³-hybridized carbons (Fsp3) is 0.767. The van der Waals surface area contributed by atoms with E-state index >= 15 is 0 Å². The van der Waals surface area contributed by atoms with Gasteiger partial charge in [0.05, 0.1) is 25.2 Å².